The van der Waals surface area contributed by atoms with Gasteiger partial charge in [-0.3, -0.25) is 0 Å². The number of rotatable bonds is 8. The molecule has 0 amide bonds. The molecule has 0 bridgehead atoms. The van der Waals surface area contributed by atoms with Gasteiger partial charge in [-0.15, -0.1) is 69.7 Å². The van der Waals surface area contributed by atoms with Crippen LogP contribution in [0, 0.1) is 0 Å². The first kappa shape index (κ1) is 19.1. The monoisotopic (exact) mass is 406 g/mol. The van der Waals surface area contributed by atoms with E-state index in [-0.39, 0.29) is 0 Å². The van der Waals surface area contributed by atoms with Crippen molar-refractivity contribution in [3.63, 3.8) is 0 Å². The van der Waals surface area contributed by atoms with Crippen LogP contribution in [0.25, 0.3) is 17.9 Å². The van der Waals surface area contributed by atoms with Crippen LogP contribution in [0.15, 0.2) is 12.1 Å². The Hall–Kier alpha value is 0.800. The number of hydrogen-bond donors (Lipinski definition) is 0. The van der Waals surface area contributed by atoms with Crippen molar-refractivity contribution >= 4 is 87.6 Å². The highest BCUT2D eigenvalue weighted by atomic mass is 32.2. The zero-order chi connectivity index (χ0) is 15.9. The summed E-state index contributed by atoms with van der Waals surface area (Å²) >= 11 is 11.8. The lowest BCUT2D eigenvalue weighted by atomic mass is 10.5. The first-order chi connectivity index (χ1) is 10.7. The third-order valence-electron chi connectivity index (χ3n) is 2.71. The van der Waals surface area contributed by atoms with Crippen LogP contribution in [0.4, 0.5) is 0 Å². The van der Waals surface area contributed by atoms with Gasteiger partial charge < -0.3 is 0 Å². The minimum atomic E-state index is 1.15. The first-order valence-corrected chi connectivity index (χ1v) is 13.1. The Morgan fingerprint density at radius 3 is 1.27 bits per heavy atom. The van der Waals surface area contributed by atoms with E-state index in [9.17, 15) is 0 Å². The SMILES string of the molecule is CCSC(SCC)=c1cc2sc(=C(SCC)SCC)cc2s1. The van der Waals surface area contributed by atoms with E-state index in [1.165, 1.54) is 26.9 Å². The van der Waals surface area contributed by atoms with E-state index in [0.29, 0.717) is 0 Å². The maximum atomic E-state index is 2.40. The summed E-state index contributed by atoms with van der Waals surface area (Å²) in [4.78, 5) is 0. The molecular formula is C16H22S6. The largest absolute Gasteiger partial charge is 0.133 e. The normalized spacial score (nSPS) is 11.3. The Morgan fingerprint density at radius 2 is 1.00 bits per heavy atom. The molecule has 0 saturated heterocycles. The Morgan fingerprint density at radius 1 is 0.682 bits per heavy atom. The lowest BCUT2D eigenvalue weighted by Crippen LogP contribution is -1.96. The van der Waals surface area contributed by atoms with Gasteiger partial charge in [0, 0.05) is 18.5 Å². The summed E-state index contributed by atoms with van der Waals surface area (Å²) in [6.45, 7) is 8.94. The molecule has 122 valence electrons. The van der Waals surface area contributed by atoms with Gasteiger partial charge in [-0.2, -0.15) is 0 Å². The molecule has 0 aliphatic carbocycles. The van der Waals surface area contributed by atoms with Gasteiger partial charge in [-0.05, 0) is 35.1 Å². The van der Waals surface area contributed by atoms with Crippen LogP contribution >= 0.6 is 69.7 Å². The van der Waals surface area contributed by atoms with Gasteiger partial charge in [-0.1, -0.05) is 27.7 Å². The molecule has 0 aliphatic heterocycles. The van der Waals surface area contributed by atoms with E-state index >= 15 is 0 Å². The van der Waals surface area contributed by atoms with E-state index in [1.54, 1.807) is 0 Å². The fourth-order valence-corrected chi connectivity index (χ4v) is 9.14. The zero-order valence-corrected chi connectivity index (χ0v) is 18.3. The molecule has 22 heavy (non-hydrogen) atoms. The van der Waals surface area contributed by atoms with Crippen molar-refractivity contribution in [2.75, 3.05) is 23.0 Å². The van der Waals surface area contributed by atoms with Crippen molar-refractivity contribution in [3.8, 4) is 0 Å². The van der Waals surface area contributed by atoms with Gasteiger partial charge in [0.25, 0.3) is 0 Å². The first-order valence-electron chi connectivity index (χ1n) is 7.52. The van der Waals surface area contributed by atoms with Gasteiger partial charge in [0.15, 0.2) is 0 Å². The molecule has 2 heterocycles. The Kier molecular flexibility index (Phi) is 8.64. The highest BCUT2D eigenvalue weighted by molar-refractivity contribution is 8.30. The van der Waals surface area contributed by atoms with E-state index in [4.69, 9.17) is 0 Å². The van der Waals surface area contributed by atoms with Crippen molar-refractivity contribution in [2.24, 2.45) is 0 Å². The maximum absolute atomic E-state index is 2.40. The van der Waals surface area contributed by atoms with E-state index in [0.717, 1.165) is 23.0 Å². The van der Waals surface area contributed by atoms with E-state index < -0.39 is 0 Å². The molecule has 0 atom stereocenters. The summed E-state index contributed by atoms with van der Waals surface area (Å²) in [5.41, 5.74) is 0. The number of thioether (sulfide) groups is 4. The van der Waals surface area contributed by atoms with Crippen LogP contribution in [0.3, 0.4) is 0 Å². The molecule has 0 N–H and O–H groups in total. The molecule has 0 spiro atoms. The second-order valence-corrected chi connectivity index (χ2v) is 12.0. The molecule has 0 saturated carbocycles. The summed E-state index contributed by atoms with van der Waals surface area (Å²) in [5, 5.41) is 0. The highest BCUT2D eigenvalue weighted by Crippen LogP contribution is 2.33. The number of fused-ring (bicyclic) bond motifs is 1. The summed E-state index contributed by atoms with van der Waals surface area (Å²) in [6, 6.07) is 4.80. The second-order valence-electron chi connectivity index (χ2n) is 4.26. The average Bonchev–Trinajstić information content (AvgIpc) is 3.05. The van der Waals surface area contributed by atoms with E-state index in [2.05, 4.69) is 39.8 Å². The fourth-order valence-electron chi connectivity index (χ4n) is 1.93. The van der Waals surface area contributed by atoms with Crippen molar-refractivity contribution < 1.29 is 0 Å². The van der Waals surface area contributed by atoms with E-state index in [1.807, 2.05) is 69.7 Å². The van der Waals surface area contributed by atoms with Crippen molar-refractivity contribution in [1.29, 1.82) is 0 Å². The summed E-state index contributed by atoms with van der Waals surface area (Å²) in [5.74, 6) is 4.60. The van der Waals surface area contributed by atoms with Gasteiger partial charge in [0.1, 0.15) is 0 Å². The molecule has 0 unspecified atom stereocenters. The predicted molar refractivity (Wildman–Crippen MR) is 118 cm³/mol. The molecule has 0 fully saturated rings. The maximum Gasteiger partial charge on any atom is 0.0574 e. The third-order valence-corrected chi connectivity index (χ3v) is 10.1. The van der Waals surface area contributed by atoms with Crippen LogP contribution in [0.2, 0.25) is 0 Å². The lowest BCUT2D eigenvalue weighted by Gasteiger charge is -2.01. The zero-order valence-electron chi connectivity index (χ0n) is 13.4. The van der Waals surface area contributed by atoms with Gasteiger partial charge in [-0.25, -0.2) is 0 Å². The minimum Gasteiger partial charge on any atom is -0.133 e. The Labute approximate surface area is 158 Å². The molecule has 2 aromatic heterocycles. The lowest BCUT2D eigenvalue weighted by molar-refractivity contribution is 1.53. The highest BCUT2D eigenvalue weighted by Gasteiger charge is 2.07. The van der Waals surface area contributed by atoms with Crippen LogP contribution < -0.4 is 9.06 Å². The molecule has 0 nitrogen and oxygen atoms in total. The molecular weight excluding hydrogens is 385 g/mol. The van der Waals surface area contributed by atoms with Crippen LogP contribution in [-0.2, 0) is 0 Å². The Balaban J connectivity index is 2.48. The van der Waals surface area contributed by atoms with Gasteiger partial charge in [0.05, 0.1) is 8.47 Å². The number of thiophene rings is 2. The van der Waals surface area contributed by atoms with Crippen LogP contribution in [0.5, 0.6) is 0 Å². The fraction of sp³-hybridized carbons (Fsp3) is 0.500. The summed E-state index contributed by atoms with van der Waals surface area (Å²) < 4.78 is 8.81. The quantitative estimate of drug-likeness (QED) is 0.518. The van der Waals surface area contributed by atoms with Gasteiger partial charge >= 0.3 is 0 Å². The summed E-state index contributed by atoms with van der Waals surface area (Å²) in [7, 11) is 0. The molecule has 2 rings (SSSR count). The number of hydrogen-bond acceptors (Lipinski definition) is 6. The van der Waals surface area contributed by atoms with Crippen molar-refractivity contribution in [2.45, 2.75) is 27.7 Å². The topological polar surface area (TPSA) is 0 Å². The molecule has 0 aliphatic rings. The van der Waals surface area contributed by atoms with Crippen molar-refractivity contribution in [1.82, 2.24) is 0 Å². The molecule has 2 aromatic rings. The predicted octanol–water partition coefficient (Wildman–Crippen LogP) is 6.11. The van der Waals surface area contributed by atoms with Crippen LogP contribution in [0.1, 0.15) is 27.7 Å². The van der Waals surface area contributed by atoms with Crippen LogP contribution in [-0.4, -0.2) is 23.0 Å². The average molecular weight is 407 g/mol. The molecule has 6 heteroatoms. The van der Waals surface area contributed by atoms with Gasteiger partial charge in [0.2, 0.25) is 0 Å². The minimum absolute atomic E-state index is 1.15. The molecule has 0 aromatic carbocycles. The smallest absolute Gasteiger partial charge is 0.0574 e. The Bertz CT molecular complexity index is 598. The standard InChI is InChI=1S/C16H22S6/c1-5-17-15(18-6-2)13-9-11-12(21-13)10-14(22-11)16(19-7-3)20-8-4/h9-10H,5-8H2,1-4H3. The molecule has 0 radical (unpaired) electrons. The van der Waals surface area contributed by atoms with Crippen molar-refractivity contribution in [3.05, 3.63) is 21.2 Å². The second kappa shape index (κ2) is 9.94. The third kappa shape index (κ3) is 4.90. The summed E-state index contributed by atoms with van der Waals surface area (Å²) in [6.07, 6.45) is 0.